The minimum atomic E-state index is -0.169. The Morgan fingerprint density at radius 1 is 0.966 bits per heavy atom. The lowest BCUT2D eigenvalue weighted by Crippen LogP contribution is -2.24. The molecule has 2 atom stereocenters. The summed E-state index contributed by atoms with van der Waals surface area (Å²) < 4.78 is 12.4. The van der Waals surface area contributed by atoms with Crippen molar-refractivity contribution in [1.29, 1.82) is 0 Å². The van der Waals surface area contributed by atoms with E-state index in [-0.39, 0.29) is 23.5 Å². The monoisotopic (exact) mass is 392 g/mol. The maximum atomic E-state index is 10.4. The van der Waals surface area contributed by atoms with Gasteiger partial charge in [-0.05, 0) is 64.3 Å². The van der Waals surface area contributed by atoms with Crippen LogP contribution in [0.5, 0.6) is 23.0 Å². The van der Waals surface area contributed by atoms with Gasteiger partial charge in [-0.3, -0.25) is 0 Å². The molecule has 0 amide bonds. The molecule has 0 radical (unpaired) electrons. The minimum absolute atomic E-state index is 0.0735. The first-order chi connectivity index (χ1) is 13.8. The van der Waals surface area contributed by atoms with E-state index in [2.05, 4.69) is 26.0 Å². The molecule has 4 rings (SSSR count). The second-order valence-corrected chi connectivity index (χ2v) is 8.43. The first-order valence-electron chi connectivity index (χ1n) is 10.1. The molecule has 2 N–H and O–H groups in total. The summed E-state index contributed by atoms with van der Waals surface area (Å²) in [5.41, 5.74) is 6.15. The van der Waals surface area contributed by atoms with Crippen LogP contribution >= 0.6 is 0 Å². The summed E-state index contributed by atoms with van der Waals surface area (Å²) >= 11 is 0. The molecule has 2 aromatic rings. The van der Waals surface area contributed by atoms with Crippen molar-refractivity contribution >= 4 is 0 Å². The second kappa shape index (κ2) is 7.51. The van der Waals surface area contributed by atoms with Gasteiger partial charge in [0.25, 0.3) is 0 Å². The van der Waals surface area contributed by atoms with Gasteiger partial charge in [0.2, 0.25) is 0 Å². The maximum Gasteiger partial charge on any atom is 0.138 e. The number of fused-ring (bicyclic) bond motifs is 5. The number of phenols is 2. The summed E-state index contributed by atoms with van der Waals surface area (Å²) in [6.07, 6.45) is 5.34. The van der Waals surface area contributed by atoms with E-state index in [0.717, 1.165) is 28.0 Å². The van der Waals surface area contributed by atoms with Crippen molar-refractivity contribution in [3.05, 3.63) is 69.8 Å². The maximum absolute atomic E-state index is 10.4. The lowest BCUT2D eigenvalue weighted by Gasteiger charge is -2.29. The fraction of sp³-hybridized carbons (Fsp3) is 0.360. The number of ether oxygens (including phenoxy) is 2. The number of rotatable bonds is 4. The lowest BCUT2D eigenvalue weighted by atomic mass is 9.86. The number of allylic oxidation sites excluding steroid dienone is 4. The molecule has 2 aliphatic heterocycles. The Labute approximate surface area is 172 Å². The van der Waals surface area contributed by atoms with Crippen molar-refractivity contribution in [2.45, 2.75) is 52.6 Å². The molecule has 4 nitrogen and oxygen atoms in total. The molecule has 0 spiro atoms. The zero-order valence-corrected chi connectivity index (χ0v) is 17.5. The van der Waals surface area contributed by atoms with Gasteiger partial charge in [-0.1, -0.05) is 23.3 Å². The number of phenolic OH excluding ortho intramolecular Hbond substituents is 2. The summed E-state index contributed by atoms with van der Waals surface area (Å²) in [6, 6.07) is 7.39. The van der Waals surface area contributed by atoms with Crippen LogP contribution in [0.3, 0.4) is 0 Å². The summed E-state index contributed by atoms with van der Waals surface area (Å²) in [5.74, 6) is 2.02. The number of hydrogen-bond donors (Lipinski definition) is 2. The normalized spacial score (nSPS) is 18.6. The Morgan fingerprint density at radius 3 is 2.41 bits per heavy atom. The molecule has 0 saturated carbocycles. The standard InChI is InChI=1S/C25H28O4/c1-14(2)5-7-16-11-19-20-13-28-24-17(8-6-15(3)4)21(26)10-9-18(24)25(20)29-23(19)12-22(16)27/h5-6,9-12,20,25-27H,7-8,13H2,1-4H3/t20-,25-/m1/s1. The summed E-state index contributed by atoms with van der Waals surface area (Å²) in [7, 11) is 0. The molecule has 2 aliphatic rings. The molecule has 0 unspecified atom stereocenters. The SMILES string of the molecule is CC(C)=CCc1cc2c(cc1O)O[C@@H]1c3ccc(O)c(CC=C(C)C)c3OC[C@H]21. The Balaban J connectivity index is 1.70. The van der Waals surface area contributed by atoms with Gasteiger partial charge in [0, 0.05) is 22.8 Å². The lowest BCUT2D eigenvalue weighted by molar-refractivity contribution is 0.138. The molecular weight excluding hydrogens is 364 g/mol. The van der Waals surface area contributed by atoms with E-state index in [1.54, 1.807) is 12.1 Å². The van der Waals surface area contributed by atoms with Crippen molar-refractivity contribution < 1.29 is 19.7 Å². The predicted molar refractivity (Wildman–Crippen MR) is 114 cm³/mol. The largest absolute Gasteiger partial charge is 0.508 e. The van der Waals surface area contributed by atoms with Crippen LogP contribution in [0.4, 0.5) is 0 Å². The molecular formula is C25H28O4. The van der Waals surface area contributed by atoms with E-state index < -0.39 is 0 Å². The first-order valence-corrected chi connectivity index (χ1v) is 10.1. The third-order valence-electron chi connectivity index (χ3n) is 5.65. The fourth-order valence-electron chi connectivity index (χ4n) is 4.05. The van der Waals surface area contributed by atoms with Crippen LogP contribution in [-0.4, -0.2) is 16.8 Å². The van der Waals surface area contributed by atoms with Crippen LogP contribution in [0.15, 0.2) is 47.6 Å². The molecule has 2 heterocycles. The Morgan fingerprint density at radius 2 is 1.69 bits per heavy atom. The van der Waals surface area contributed by atoms with Gasteiger partial charge in [0.15, 0.2) is 0 Å². The molecule has 0 fully saturated rings. The highest BCUT2D eigenvalue weighted by molar-refractivity contribution is 5.58. The average Bonchev–Trinajstić information content (AvgIpc) is 3.02. The van der Waals surface area contributed by atoms with Crippen LogP contribution in [0.25, 0.3) is 0 Å². The molecule has 0 aliphatic carbocycles. The first kappa shape index (κ1) is 19.4. The number of hydrogen-bond acceptors (Lipinski definition) is 4. The highest BCUT2D eigenvalue weighted by Gasteiger charge is 2.42. The van der Waals surface area contributed by atoms with Crippen molar-refractivity contribution in [2.24, 2.45) is 0 Å². The van der Waals surface area contributed by atoms with Crippen LogP contribution in [0, 0.1) is 0 Å². The van der Waals surface area contributed by atoms with Gasteiger partial charge in [0.05, 0.1) is 12.5 Å². The van der Waals surface area contributed by atoms with Gasteiger partial charge >= 0.3 is 0 Å². The van der Waals surface area contributed by atoms with Gasteiger partial charge < -0.3 is 19.7 Å². The zero-order valence-electron chi connectivity index (χ0n) is 17.5. The average molecular weight is 392 g/mol. The third-order valence-corrected chi connectivity index (χ3v) is 5.65. The Kier molecular flexibility index (Phi) is 5.03. The Hall–Kier alpha value is -2.88. The highest BCUT2D eigenvalue weighted by atomic mass is 16.5. The topological polar surface area (TPSA) is 58.9 Å². The molecule has 152 valence electrons. The third kappa shape index (κ3) is 3.59. The van der Waals surface area contributed by atoms with Gasteiger partial charge in [0.1, 0.15) is 29.1 Å². The second-order valence-electron chi connectivity index (χ2n) is 8.43. The summed E-state index contributed by atoms with van der Waals surface area (Å²) in [6.45, 7) is 8.68. The fourth-order valence-corrected chi connectivity index (χ4v) is 4.05. The van der Waals surface area contributed by atoms with E-state index in [9.17, 15) is 10.2 Å². The number of benzene rings is 2. The summed E-state index contributed by atoms with van der Waals surface area (Å²) in [4.78, 5) is 0. The van der Waals surface area contributed by atoms with E-state index in [4.69, 9.17) is 9.47 Å². The van der Waals surface area contributed by atoms with E-state index in [1.165, 1.54) is 11.1 Å². The van der Waals surface area contributed by atoms with E-state index in [0.29, 0.717) is 25.2 Å². The van der Waals surface area contributed by atoms with Gasteiger partial charge in [-0.15, -0.1) is 0 Å². The minimum Gasteiger partial charge on any atom is -0.508 e. The van der Waals surface area contributed by atoms with Crippen LogP contribution in [0.2, 0.25) is 0 Å². The number of aromatic hydroxyl groups is 2. The van der Waals surface area contributed by atoms with Crippen molar-refractivity contribution in [1.82, 2.24) is 0 Å². The van der Waals surface area contributed by atoms with E-state index in [1.807, 2.05) is 26.0 Å². The highest BCUT2D eigenvalue weighted by Crippen LogP contribution is 2.53. The zero-order chi connectivity index (χ0) is 20.7. The molecule has 0 aromatic heterocycles. The quantitative estimate of drug-likeness (QED) is 0.653. The molecule has 0 saturated heterocycles. The van der Waals surface area contributed by atoms with Crippen LogP contribution in [0.1, 0.15) is 62.0 Å². The smallest absolute Gasteiger partial charge is 0.138 e. The summed E-state index contributed by atoms with van der Waals surface area (Å²) in [5, 5.41) is 20.8. The molecule has 2 aromatic carbocycles. The van der Waals surface area contributed by atoms with E-state index >= 15 is 0 Å². The van der Waals surface area contributed by atoms with Gasteiger partial charge in [-0.2, -0.15) is 0 Å². The van der Waals surface area contributed by atoms with Gasteiger partial charge in [-0.25, -0.2) is 0 Å². The van der Waals surface area contributed by atoms with Crippen molar-refractivity contribution in [2.75, 3.05) is 6.61 Å². The van der Waals surface area contributed by atoms with Crippen LogP contribution < -0.4 is 9.47 Å². The molecule has 29 heavy (non-hydrogen) atoms. The molecule has 0 bridgehead atoms. The van der Waals surface area contributed by atoms with Crippen LogP contribution in [-0.2, 0) is 12.8 Å². The predicted octanol–water partition coefficient (Wildman–Crippen LogP) is 5.72. The molecule has 4 heteroatoms. The van der Waals surface area contributed by atoms with Crippen molar-refractivity contribution in [3.8, 4) is 23.0 Å². The van der Waals surface area contributed by atoms with Crippen molar-refractivity contribution in [3.63, 3.8) is 0 Å². The Bertz CT molecular complexity index is 1010.